The summed E-state index contributed by atoms with van der Waals surface area (Å²) >= 11 is 1.41. The molecular formula is C19H17N7O2S. The standard InChI is InChI=1S/C19H17N7O2S/c1-11-8-9-20-18-22-15(24-26(11)18)17(28)25-10-4-6-13(25)16(27)23-19-21-12-5-2-3-7-14(12)29-19/h2-3,5,7-9,13H,4,6,10H2,1H3,(H,21,23,27). The highest BCUT2D eigenvalue weighted by Gasteiger charge is 2.36. The summed E-state index contributed by atoms with van der Waals surface area (Å²) < 4.78 is 2.53. The molecule has 10 heteroatoms. The van der Waals surface area contributed by atoms with Crippen molar-refractivity contribution in [3.8, 4) is 0 Å². The van der Waals surface area contributed by atoms with Gasteiger partial charge in [-0.05, 0) is 38.0 Å². The smallest absolute Gasteiger partial charge is 0.294 e. The van der Waals surface area contributed by atoms with Crippen molar-refractivity contribution in [2.24, 2.45) is 0 Å². The Hall–Kier alpha value is -3.40. The normalized spacial score (nSPS) is 16.6. The van der Waals surface area contributed by atoms with Crippen molar-refractivity contribution in [1.29, 1.82) is 0 Å². The number of carbonyl (C=O) groups is 2. The van der Waals surface area contributed by atoms with E-state index in [1.807, 2.05) is 31.2 Å². The number of fused-ring (bicyclic) bond motifs is 2. The molecule has 146 valence electrons. The monoisotopic (exact) mass is 407 g/mol. The molecular weight excluding hydrogens is 390 g/mol. The van der Waals surface area contributed by atoms with Gasteiger partial charge < -0.3 is 10.2 Å². The molecule has 1 aliphatic heterocycles. The summed E-state index contributed by atoms with van der Waals surface area (Å²) in [6.07, 6.45) is 2.96. The number of thiazole rings is 1. The van der Waals surface area contributed by atoms with Gasteiger partial charge in [0.25, 0.3) is 11.7 Å². The number of hydrogen-bond donors (Lipinski definition) is 1. The summed E-state index contributed by atoms with van der Waals surface area (Å²) in [6, 6.07) is 8.91. The van der Waals surface area contributed by atoms with Crippen LogP contribution in [0.1, 0.15) is 29.2 Å². The first-order valence-electron chi connectivity index (χ1n) is 9.26. The van der Waals surface area contributed by atoms with Crippen molar-refractivity contribution in [1.82, 2.24) is 29.5 Å². The van der Waals surface area contributed by atoms with Crippen LogP contribution in [0, 0.1) is 6.92 Å². The summed E-state index contributed by atoms with van der Waals surface area (Å²) in [5.41, 5.74) is 1.66. The summed E-state index contributed by atoms with van der Waals surface area (Å²) in [5, 5.41) is 7.66. The Balaban J connectivity index is 1.37. The molecule has 1 aliphatic rings. The van der Waals surface area contributed by atoms with Crippen LogP contribution in [0.15, 0.2) is 36.5 Å². The molecule has 1 N–H and O–H groups in total. The third-order valence-corrected chi connectivity index (χ3v) is 5.91. The number of carbonyl (C=O) groups excluding carboxylic acids is 2. The number of amides is 2. The van der Waals surface area contributed by atoms with Gasteiger partial charge in [-0.15, -0.1) is 5.10 Å². The van der Waals surface area contributed by atoms with Crippen molar-refractivity contribution >= 4 is 44.3 Å². The Kier molecular flexibility index (Phi) is 4.20. The van der Waals surface area contributed by atoms with Gasteiger partial charge in [0.15, 0.2) is 5.13 Å². The van der Waals surface area contributed by atoms with Crippen LogP contribution in [0.25, 0.3) is 16.0 Å². The van der Waals surface area contributed by atoms with Gasteiger partial charge in [-0.2, -0.15) is 4.98 Å². The van der Waals surface area contributed by atoms with Crippen LogP contribution < -0.4 is 5.32 Å². The third-order valence-electron chi connectivity index (χ3n) is 4.96. The predicted octanol–water partition coefficient (Wildman–Crippen LogP) is 2.29. The number of aromatic nitrogens is 5. The van der Waals surface area contributed by atoms with E-state index in [-0.39, 0.29) is 17.6 Å². The molecule has 1 fully saturated rings. The molecule has 0 radical (unpaired) electrons. The van der Waals surface area contributed by atoms with Crippen LogP contribution in [-0.4, -0.2) is 53.9 Å². The Bertz CT molecular complexity index is 1210. The number of likely N-dealkylation sites (tertiary alicyclic amines) is 1. The van der Waals surface area contributed by atoms with Crippen LogP contribution in [0.5, 0.6) is 0 Å². The van der Waals surface area contributed by atoms with Gasteiger partial charge in [0, 0.05) is 18.4 Å². The van der Waals surface area contributed by atoms with E-state index >= 15 is 0 Å². The van der Waals surface area contributed by atoms with Crippen LogP contribution in [0.3, 0.4) is 0 Å². The molecule has 1 aromatic carbocycles. The van der Waals surface area contributed by atoms with Gasteiger partial charge in [-0.25, -0.2) is 14.5 Å². The minimum absolute atomic E-state index is 0.0477. The molecule has 9 nitrogen and oxygen atoms in total. The van der Waals surface area contributed by atoms with Crippen molar-refractivity contribution in [3.05, 3.63) is 48.0 Å². The molecule has 0 aliphatic carbocycles. The van der Waals surface area contributed by atoms with Gasteiger partial charge in [0.2, 0.25) is 11.7 Å². The van der Waals surface area contributed by atoms with Crippen LogP contribution in [0.4, 0.5) is 5.13 Å². The molecule has 1 unspecified atom stereocenters. The van der Waals surface area contributed by atoms with Gasteiger partial charge >= 0.3 is 0 Å². The number of rotatable bonds is 3. The Morgan fingerprint density at radius 1 is 1.21 bits per heavy atom. The lowest BCUT2D eigenvalue weighted by Crippen LogP contribution is -2.43. The Labute approximate surface area is 169 Å². The average Bonchev–Trinajstić information content (AvgIpc) is 3.44. The van der Waals surface area contributed by atoms with Crippen molar-refractivity contribution < 1.29 is 9.59 Å². The molecule has 0 spiro atoms. The van der Waals surface area contributed by atoms with E-state index in [4.69, 9.17) is 0 Å². The highest BCUT2D eigenvalue weighted by Crippen LogP contribution is 2.27. The maximum atomic E-state index is 13.0. The van der Waals surface area contributed by atoms with Crippen LogP contribution in [-0.2, 0) is 4.79 Å². The maximum Gasteiger partial charge on any atom is 0.294 e. The lowest BCUT2D eigenvalue weighted by molar-refractivity contribution is -0.119. The average molecular weight is 407 g/mol. The van der Waals surface area contributed by atoms with Crippen LogP contribution >= 0.6 is 11.3 Å². The SMILES string of the molecule is Cc1ccnc2nc(C(=O)N3CCCC3C(=O)Nc3nc4ccccc4s3)nn12. The fourth-order valence-corrected chi connectivity index (χ4v) is 4.39. The highest BCUT2D eigenvalue weighted by atomic mass is 32.1. The van der Waals surface area contributed by atoms with Crippen LogP contribution in [0.2, 0.25) is 0 Å². The van der Waals surface area contributed by atoms with E-state index in [0.29, 0.717) is 23.9 Å². The van der Waals surface area contributed by atoms with Gasteiger partial charge in [-0.3, -0.25) is 9.59 Å². The zero-order valence-corrected chi connectivity index (χ0v) is 16.4. The number of hydrogen-bond acceptors (Lipinski definition) is 7. The summed E-state index contributed by atoms with van der Waals surface area (Å²) in [7, 11) is 0. The number of para-hydroxylation sites is 1. The number of nitrogens with one attached hydrogen (secondary N) is 1. The molecule has 4 heterocycles. The molecule has 29 heavy (non-hydrogen) atoms. The first-order chi connectivity index (χ1) is 14.1. The summed E-state index contributed by atoms with van der Waals surface area (Å²) in [4.78, 5) is 40.2. The topological polar surface area (TPSA) is 105 Å². The first kappa shape index (κ1) is 17.7. The van der Waals surface area contributed by atoms with Crippen molar-refractivity contribution in [2.45, 2.75) is 25.8 Å². The van der Waals surface area contributed by atoms with Gasteiger partial charge in [-0.1, -0.05) is 23.5 Å². The van der Waals surface area contributed by atoms with E-state index in [2.05, 4.69) is 25.4 Å². The molecule has 0 bridgehead atoms. The molecule has 1 saturated heterocycles. The van der Waals surface area contributed by atoms with E-state index < -0.39 is 6.04 Å². The molecule has 3 aromatic heterocycles. The first-order valence-corrected chi connectivity index (χ1v) is 10.1. The second-order valence-corrected chi connectivity index (χ2v) is 7.90. The predicted molar refractivity (Wildman–Crippen MR) is 108 cm³/mol. The largest absolute Gasteiger partial charge is 0.324 e. The molecule has 5 rings (SSSR count). The molecule has 1 atom stereocenters. The number of nitrogens with zero attached hydrogens (tertiary/aromatic N) is 6. The van der Waals surface area contributed by atoms with Crippen molar-refractivity contribution in [2.75, 3.05) is 11.9 Å². The summed E-state index contributed by atoms with van der Waals surface area (Å²) in [6.45, 7) is 2.35. The molecule has 4 aromatic rings. The number of anilines is 1. The quantitative estimate of drug-likeness (QED) is 0.559. The molecule has 0 saturated carbocycles. The Morgan fingerprint density at radius 2 is 2.07 bits per heavy atom. The second-order valence-electron chi connectivity index (χ2n) is 6.87. The van der Waals surface area contributed by atoms with E-state index in [0.717, 1.165) is 22.3 Å². The van der Waals surface area contributed by atoms with Crippen molar-refractivity contribution in [3.63, 3.8) is 0 Å². The van der Waals surface area contributed by atoms with E-state index in [1.165, 1.54) is 20.8 Å². The zero-order valence-electron chi connectivity index (χ0n) is 15.6. The lowest BCUT2D eigenvalue weighted by Gasteiger charge is -2.22. The van der Waals surface area contributed by atoms with E-state index in [9.17, 15) is 9.59 Å². The number of benzene rings is 1. The lowest BCUT2D eigenvalue weighted by atomic mass is 10.2. The van der Waals surface area contributed by atoms with E-state index in [1.54, 1.807) is 12.3 Å². The fourth-order valence-electron chi connectivity index (χ4n) is 3.52. The minimum atomic E-state index is -0.574. The summed E-state index contributed by atoms with van der Waals surface area (Å²) in [5.74, 6) is -0.195. The van der Waals surface area contributed by atoms with Gasteiger partial charge in [0.05, 0.1) is 10.2 Å². The fraction of sp³-hybridized carbons (Fsp3) is 0.263. The molecule has 2 amide bonds. The zero-order chi connectivity index (χ0) is 20.0. The third kappa shape index (κ3) is 3.11. The highest BCUT2D eigenvalue weighted by molar-refractivity contribution is 7.22. The minimum Gasteiger partial charge on any atom is -0.324 e. The Morgan fingerprint density at radius 3 is 2.90 bits per heavy atom. The maximum absolute atomic E-state index is 13.0. The number of aryl methyl sites for hydroxylation is 1. The second kappa shape index (κ2) is 6.89. The van der Waals surface area contributed by atoms with Gasteiger partial charge in [0.1, 0.15) is 6.04 Å².